The van der Waals surface area contributed by atoms with Crippen LogP contribution in [0.15, 0.2) is 0 Å². The Hall–Kier alpha value is -1.57. The molecular weight excluding hydrogens is 270 g/mol. The van der Waals surface area contributed by atoms with Crippen molar-refractivity contribution in [1.82, 2.24) is 0 Å². The number of esters is 2. The second kappa shape index (κ2) is 11.1. The van der Waals surface area contributed by atoms with Gasteiger partial charge in [0.2, 0.25) is 0 Å². The lowest BCUT2D eigenvalue weighted by Gasteiger charge is -2.23. The first-order valence-corrected chi connectivity index (χ1v) is 7.80. The summed E-state index contributed by atoms with van der Waals surface area (Å²) in [6.07, 6.45) is 4.05. The van der Waals surface area contributed by atoms with Gasteiger partial charge in [-0.2, -0.15) is 5.26 Å². The van der Waals surface area contributed by atoms with E-state index < -0.39 is 17.4 Å². The first-order chi connectivity index (χ1) is 10.1. The van der Waals surface area contributed by atoms with Crippen LogP contribution in [-0.2, 0) is 19.1 Å². The third kappa shape index (κ3) is 7.12. The van der Waals surface area contributed by atoms with Gasteiger partial charge in [0, 0.05) is 0 Å². The largest absolute Gasteiger partial charge is 0.466 e. The van der Waals surface area contributed by atoms with Gasteiger partial charge in [-0.1, -0.05) is 40.0 Å². The molecule has 0 aliphatic rings. The Morgan fingerprint density at radius 1 is 1.00 bits per heavy atom. The molecule has 0 N–H and O–H groups in total. The summed E-state index contributed by atoms with van der Waals surface area (Å²) in [6.45, 7) is 6.47. The van der Waals surface area contributed by atoms with Gasteiger partial charge in [-0.15, -0.1) is 0 Å². The van der Waals surface area contributed by atoms with E-state index >= 15 is 0 Å². The normalized spacial score (nSPS) is 13.0. The van der Waals surface area contributed by atoms with Crippen molar-refractivity contribution in [2.75, 3.05) is 13.2 Å². The summed E-state index contributed by atoms with van der Waals surface area (Å²) >= 11 is 0. The van der Waals surface area contributed by atoms with Gasteiger partial charge in [0.1, 0.15) is 0 Å². The molecular formula is C16H27NO4. The van der Waals surface area contributed by atoms with Crippen LogP contribution in [0.5, 0.6) is 0 Å². The van der Waals surface area contributed by atoms with Crippen molar-refractivity contribution in [3.05, 3.63) is 0 Å². The fraction of sp³-hybridized carbons (Fsp3) is 0.812. The van der Waals surface area contributed by atoms with Crippen LogP contribution in [0.3, 0.4) is 0 Å². The Labute approximate surface area is 127 Å². The molecule has 0 bridgehead atoms. The van der Waals surface area contributed by atoms with Crippen LogP contribution >= 0.6 is 0 Å². The van der Waals surface area contributed by atoms with Crippen molar-refractivity contribution in [3.63, 3.8) is 0 Å². The molecule has 0 aromatic heterocycles. The standard InChI is InChI=1S/C16H27NO4/c1-4-7-10-20-14(18)12-16(13-17,9-6-3)15(19)21-11-8-5-2/h4-12H2,1-3H3. The highest BCUT2D eigenvalue weighted by molar-refractivity contribution is 5.86. The molecule has 21 heavy (non-hydrogen) atoms. The van der Waals surface area contributed by atoms with Gasteiger partial charge in [-0.3, -0.25) is 9.59 Å². The highest BCUT2D eigenvalue weighted by atomic mass is 16.5. The van der Waals surface area contributed by atoms with Crippen LogP contribution in [0.2, 0.25) is 0 Å². The van der Waals surface area contributed by atoms with E-state index in [2.05, 4.69) is 0 Å². The Balaban J connectivity index is 4.70. The maximum atomic E-state index is 12.2. The zero-order valence-corrected chi connectivity index (χ0v) is 13.4. The summed E-state index contributed by atoms with van der Waals surface area (Å²) in [5, 5.41) is 9.40. The molecule has 1 atom stereocenters. The number of hydrogen-bond acceptors (Lipinski definition) is 5. The number of nitriles is 1. The molecule has 0 saturated carbocycles. The number of unbranched alkanes of at least 4 members (excludes halogenated alkanes) is 2. The third-order valence-electron chi connectivity index (χ3n) is 3.22. The van der Waals surface area contributed by atoms with Gasteiger partial charge in [0.25, 0.3) is 0 Å². The summed E-state index contributed by atoms with van der Waals surface area (Å²) in [7, 11) is 0. The molecule has 0 aliphatic heterocycles. The molecule has 0 heterocycles. The summed E-state index contributed by atoms with van der Waals surface area (Å²) < 4.78 is 10.2. The topological polar surface area (TPSA) is 76.4 Å². The van der Waals surface area contributed by atoms with Gasteiger partial charge < -0.3 is 9.47 Å². The molecule has 0 aliphatic carbocycles. The Morgan fingerprint density at radius 3 is 2.05 bits per heavy atom. The van der Waals surface area contributed by atoms with Crippen molar-refractivity contribution < 1.29 is 19.1 Å². The van der Waals surface area contributed by atoms with E-state index in [1.165, 1.54) is 0 Å². The maximum Gasteiger partial charge on any atom is 0.327 e. The molecule has 5 nitrogen and oxygen atoms in total. The average Bonchev–Trinajstić information content (AvgIpc) is 2.47. The van der Waals surface area contributed by atoms with E-state index in [-0.39, 0.29) is 13.0 Å². The highest BCUT2D eigenvalue weighted by Crippen LogP contribution is 2.30. The molecule has 0 amide bonds. The number of nitrogens with zero attached hydrogens (tertiary/aromatic N) is 1. The number of hydrogen-bond donors (Lipinski definition) is 0. The quantitative estimate of drug-likeness (QED) is 0.431. The molecule has 0 radical (unpaired) electrons. The number of rotatable bonds is 11. The summed E-state index contributed by atoms with van der Waals surface area (Å²) in [5.74, 6) is -1.11. The first-order valence-electron chi connectivity index (χ1n) is 7.80. The second-order valence-corrected chi connectivity index (χ2v) is 5.18. The Bertz CT molecular complexity index is 362. The molecule has 1 unspecified atom stereocenters. The lowest BCUT2D eigenvalue weighted by molar-refractivity contribution is -0.160. The highest BCUT2D eigenvalue weighted by Gasteiger charge is 2.42. The molecule has 120 valence electrons. The molecule has 0 aromatic rings. The van der Waals surface area contributed by atoms with Crippen molar-refractivity contribution in [1.29, 1.82) is 5.26 Å². The minimum atomic E-state index is -1.41. The van der Waals surface area contributed by atoms with E-state index in [0.29, 0.717) is 19.4 Å². The van der Waals surface area contributed by atoms with Crippen LogP contribution in [0.25, 0.3) is 0 Å². The zero-order chi connectivity index (χ0) is 16.1. The third-order valence-corrected chi connectivity index (χ3v) is 3.22. The molecule has 0 rings (SSSR count). The van der Waals surface area contributed by atoms with Crippen LogP contribution in [0.1, 0.15) is 65.7 Å². The van der Waals surface area contributed by atoms with Crippen molar-refractivity contribution in [3.8, 4) is 6.07 Å². The van der Waals surface area contributed by atoms with Gasteiger partial charge in [0.15, 0.2) is 5.41 Å². The van der Waals surface area contributed by atoms with Gasteiger partial charge in [-0.05, 0) is 19.3 Å². The van der Waals surface area contributed by atoms with E-state index in [9.17, 15) is 14.9 Å². The van der Waals surface area contributed by atoms with Crippen LogP contribution < -0.4 is 0 Å². The van der Waals surface area contributed by atoms with Crippen LogP contribution in [0.4, 0.5) is 0 Å². The molecule has 0 aromatic carbocycles. The lowest BCUT2D eigenvalue weighted by atomic mass is 9.81. The van der Waals surface area contributed by atoms with Crippen LogP contribution in [0, 0.1) is 16.7 Å². The average molecular weight is 297 g/mol. The second-order valence-electron chi connectivity index (χ2n) is 5.18. The first kappa shape index (κ1) is 19.4. The summed E-state index contributed by atoms with van der Waals surface area (Å²) in [5.41, 5.74) is -1.41. The number of carbonyl (C=O) groups excluding carboxylic acids is 2. The van der Waals surface area contributed by atoms with E-state index in [0.717, 1.165) is 25.7 Å². The fourth-order valence-electron chi connectivity index (χ4n) is 1.91. The predicted octanol–water partition coefficient (Wildman–Crippen LogP) is 3.37. The smallest absolute Gasteiger partial charge is 0.327 e. The summed E-state index contributed by atoms with van der Waals surface area (Å²) in [4.78, 5) is 24.0. The van der Waals surface area contributed by atoms with E-state index in [4.69, 9.17) is 9.47 Å². The molecule has 0 spiro atoms. The minimum Gasteiger partial charge on any atom is -0.466 e. The molecule has 0 saturated heterocycles. The number of ether oxygens (including phenoxy) is 2. The predicted molar refractivity (Wildman–Crippen MR) is 79.3 cm³/mol. The fourth-order valence-corrected chi connectivity index (χ4v) is 1.91. The molecule has 5 heteroatoms. The van der Waals surface area contributed by atoms with E-state index in [1.807, 2.05) is 26.8 Å². The monoisotopic (exact) mass is 297 g/mol. The lowest BCUT2D eigenvalue weighted by Crippen LogP contribution is -2.35. The number of carbonyl (C=O) groups is 2. The van der Waals surface area contributed by atoms with E-state index in [1.54, 1.807) is 0 Å². The Morgan fingerprint density at radius 2 is 1.57 bits per heavy atom. The van der Waals surface area contributed by atoms with Gasteiger partial charge in [0.05, 0.1) is 25.7 Å². The molecule has 0 fully saturated rings. The van der Waals surface area contributed by atoms with Gasteiger partial charge in [-0.25, -0.2) is 0 Å². The maximum absolute atomic E-state index is 12.2. The minimum absolute atomic E-state index is 0.230. The van der Waals surface area contributed by atoms with Crippen molar-refractivity contribution in [2.45, 2.75) is 65.7 Å². The summed E-state index contributed by atoms with van der Waals surface area (Å²) in [6, 6.07) is 1.99. The van der Waals surface area contributed by atoms with Crippen molar-refractivity contribution in [2.24, 2.45) is 5.41 Å². The van der Waals surface area contributed by atoms with Gasteiger partial charge >= 0.3 is 11.9 Å². The zero-order valence-electron chi connectivity index (χ0n) is 13.4. The van der Waals surface area contributed by atoms with Crippen molar-refractivity contribution >= 4 is 11.9 Å². The SMILES string of the molecule is CCCCOC(=O)CC(C#N)(CCC)C(=O)OCCCC. The van der Waals surface area contributed by atoms with Crippen LogP contribution in [-0.4, -0.2) is 25.2 Å². The Kier molecular flexibility index (Phi) is 10.3.